The van der Waals surface area contributed by atoms with Crippen LogP contribution < -0.4 is 11.1 Å². The molecule has 23 heavy (non-hydrogen) atoms. The van der Waals surface area contributed by atoms with Crippen LogP contribution in [0.4, 0.5) is 0 Å². The van der Waals surface area contributed by atoms with Crippen LogP contribution in [0.25, 0.3) is 10.4 Å². The predicted octanol–water partition coefficient (Wildman–Crippen LogP) is -0.0274. The lowest BCUT2D eigenvalue weighted by Crippen LogP contribution is -2.48. The molecule has 0 aromatic carbocycles. The molecule has 0 aliphatic rings. The van der Waals surface area contributed by atoms with Crippen LogP contribution in [0, 0.1) is 5.92 Å². The first-order valence-electron chi connectivity index (χ1n) is 7.31. The molecule has 3 N–H and O–H groups in total. The summed E-state index contributed by atoms with van der Waals surface area (Å²) >= 11 is 0. The molecule has 0 heterocycles. The molecule has 0 spiro atoms. The molecule has 10 heteroatoms. The van der Waals surface area contributed by atoms with Crippen LogP contribution in [0.15, 0.2) is 5.11 Å². The van der Waals surface area contributed by atoms with Gasteiger partial charge in [0.25, 0.3) is 0 Å². The Morgan fingerprint density at radius 2 is 1.70 bits per heavy atom. The van der Waals surface area contributed by atoms with Gasteiger partial charge in [-0.15, -0.1) is 0 Å². The first-order valence-corrected chi connectivity index (χ1v) is 7.31. The molecular weight excluding hydrogens is 306 g/mol. The summed E-state index contributed by atoms with van der Waals surface area (Å²) in [6, 6.07) is -0.704. The standard InChI is InChI=1S/C13H25N5O5/c1-10(2)12(13(14)20)17-11(19)9-23-8-7-22-6-5-21-4-3-16-18-15/h10,12H,3-9H2,1-2H3,(H2,14,20)(H,17,19)/t12-/m0/s1. The van der Waals surface area contributed by atoms with Crippen LogP contribution in [0.1, 0.15) is 13.8 Å². The van der Waals surface area contributed by atoms with E-state index in [2.05, 4.69) is 15.3 Å². The van der Waals surface area contributed by atoms with E-state index in [1.165, 1.54) is 0 Å². The first-order chi connectivity index (χ1) is 11.0. The summed E-state index contributed by atoms with van der Waals surface area (Å²) in [5.74, 6) is -1.06. The Hall–Kier alpha value is -1.87. The second-order valence-electron chi connectivity index (χ2n) is 4.92. The number of ether oxygens (including phenoxy) is 3. The Labute approximate surface area is 135 Å². The number of carbonyl (C=O) groups is 2. The Kier molecular flexibility index (Phi) is 12.7. The number of amides is 2. The molecule has 0 bridgehead atoms. The number of nitrogens with one attached hydrogen (secondary N) is 1. The third kappa shape index (κ3) is 12.4. The van der Waals surface area contributed by atoms with E-state index in [4.69, 9.17) is 25.5 Å². The second-order valence-corrected chi connectivity index (χ2v) is 4.92. The number of hydrogen-bond acceptors (Lipinski definition) is 6. The molecule has 0 aliphatic carbocycles. The van der Waals surface area contributed by atoms with Gasteiger partial charge in [-0.1, -0.05) is 19.0 Å². The highest BCUT2D eigenvalue weighted by atomic mass is 16.5. The summed E-state index contributed by atoms with van der Waals surface area (Å²) in [4.78, 5) is 25.3. The van der Waals surface area contributed by atoms with Gasteiger partial charge in [0.05, 0.1) is 33.0 Å². The van der Waals surface area contributed by atoms with Gasteiger partial charge in [-0.3, -0.25) is 9.59 Å². The molecule has 1 atom stereocenters. The van der Waals surface area contributed by atoms with Gasteiger partial charge in [-0.25, -0.2) is 0 Å². The van der Waals surface area contributed by atoms with Crippen LogP contribution in [-0.2, 0) is 23.8 Å². The first kappa shape index (κ1) is 21.1. The van der Waals surface area contributed by atoms with Crippen LogP contribution in [0.5, 0.6) is 0 Å². The lowest BCUT2D eigenvalue weighted by molar-refractivity contribution is -0.131. The molecule has 0 fully saturated rings. The Morgan fingerprint density at radius 1 is 1.13 bits per heavy atom. The predicted molar refractivity (Wildman–Crippen MR) is 82.4 cm³/mol. The molecule has 0 rings (SSSR count). The zero-order valence-electron chi connectivity index (χ0n) is 13.6. The largest absolute Gasteiger partial charge is 0.379 e. The molecule has 0 saturated carbocycles. The Balaban J connectivity index is 3.52. The Morgan fingerprint density at radius 3 is 2.22 bits per heavy atom. The minimum atomic E-state index is -0.704. The van der Waals surface area contributed by atoms with Crippen molar-refractivity contribution in [2.24, 2.45) is 16.8 Å². The fourth-order valence-electron chi connectivity index (χ4n) is 1.54. The number of rotatable bonds is 14. The molecule has 0 radical (unpaired) electrons. The quantitative estimate of drug-likeness (QED) is 0.198. The maximum absolute atomic E-state index is 11.6. The smallest absolute Gasteiger partial charge is 0.246 e. The number of nitrogens with two attached hydrogens (primary N) is 1. The molecular formula is C13H25N5O5. The Bertz CT molecular complexity index is 398. The summed E-state index contributed by atoms with van der Waals surface area (Å²) in [6.07, 6.45) is 0. The monoisotopic (exact) mass is 331 g/mol. The molecule has 0 aromatic rings. The summed E-state index contributed by atoms with van der Waals surface area (Å²) in [5.41, 5.74) is 13.2. The fourth-order valence-corrected chi connectivity index (χ4v) is 1.54. The minimum absolute atomic E-state index is 0.0846. The van der Waals surface area contributed by atoms with Crippen LogP contribution in [0.2, 0.25) is 0 Å². The fraction of sp³-hybridized carbons (Fsp3) is 0.846. The lowest BCUT2D eigenvalue weighted by atomic mass is 10.0. The zero-order chi connectivity index (χ0) is 17.5. The number of nitrogens with zero attached hydrogens (tertiary/aromatic N) is 3. The third-order valence-corrected chi connectivity index (χ3v) is 2.67. The number of azide groups is 1. The minimum Gasteiger partial charge on any atom is -0.379 e. The van der Waals surface area contributed by atoms with Crippen molar-refractivity contribution in [3.8, 4) is 0 Å². The van der Waals surface area contributed by atoms with Gasteiger partial charge >= 0.3 is 0 Å². The van der Waals surface area contributed by atoms with Crippen molar-refractivity contribution in [3.05, 3.63) is 10.4 Å². The van der Waals surface area contributed by atoms with Crippen molar-refractivity contribution in [2.45, 2.75) is 19.9 Å². The van der Waals surface area contributed by atoms with Crippen LogP contribution in [0.3, 0.4) is 0 Å². The molecule has 0 aliphatic heterocycles. The van der Waals surface area contributed by atoms with Gasteiger partial charge in [0, 0.05) is 11.5 Å². The second kappa shape index (κ2) is 13.8. The molecule has 0 unspecified atom stereocenters. The van der Waals surface area contributed by atoms with E-state index < -0.39 is 17.9 Å². The molecule has 0 saturated heterocycles. The maximum Gasteiger partial charge on any atom is 0.246 e. The number of primary amides is 1. The van der Waals surface area contributed by atoms with Crippen molar-refractivity contribution >= 4 is 11.8 Å². The highest BCUT2D eigenvalue weighted by Gasteiger charge is 2.21. The van der Waals surface area contributed by atoms with E-state index in [0.717, 1.165) is 0 Å². The topological polar surface area (TPSA) is 149 Å². The highest BCUT2D eigenvalue weighted by Crippen LogP contribution is 2.00. The van der Waals surface area contributed by atoms with Gasteiger partial charge in [-0.05, 0) is 11.4 Å². The van der Waals surface area contributed by atoms with E-state index in [1.54, 1.807) is 13.8 Å². The molecule has 10 nitrogen and oxygen atoms in total. The van der Waals surface area contributed by atoms with Crippen molar-refractivity contribution in [1.29, 1.82) is 0 Å². The normalized spacial score (nSPS) is 11.8. The molecule has 2 amide bonds. The zero-order valence-corrected chi connectivity index (χ0v) is 13.6. The van der Waals surface area contributed by atoms with Gasteiger partial charge in [0.15, 0.2) is 0 Å². The van der Waals surface area contributed by atoms with Gasteiger partial charge in [-0.2, -0.15) is 0 Å². The number of carbonyl (C=O) groups excluding carboxylic acids is 2. The summed E-state index contributed by atoms with van der Waals surface area (Å²) in [7, 11) is 0. The summed E-state index contributed by atoms with van der Waals surface area (Å²) in [5, 5.41) is 5.83. The van der Waals surface area contributed by atoms with Crippen molar-refractivity contribution in [3.63, 3.8) is 0 Å². The van der Waals surface area contributed by atoms with E-state index in [0.29, 0.717) is 26.4 Å². The molecule has 0 aromatic heterocycles. The van der Waals surface area contributed by atoms with E-state index in [-0.39, 0.29) is 25.7 Å². The van der Waals surface area contributed by atoms with Crippen molar-refractivity contribution in [2.75, 3.05) is 46.2 Å². The summed E-state index contributed by atoms with van der Waals surface area (Å²) < 4.78 is 15.5. The van der Waals surface area contributed by atoms with E-state index in [9.17, 15) is 9.59 Å². The maximum atomic E-state index is 11.6. The van der Waals surface area contributed by atoms with Crippen molar-refractivity contribution < 1.29 is 23.8 Å². The lowest BCUT2D eigenvalue weighted by Gasteiger charge is -2.18. The van der Waals surface area contributed by atoms with Gasteiger partial charge in [0.1, 0.15) is 12.6 Å². The van der Waals surface area contributed by atoms with Crippen LogP contribution >= 0.6 is 0 Å². The van der Waals surface area contributed by atoms with Gasteiger partial charge < -0.3 is 25.3 Å². The van der Waals surface area contributed by atoms with Crippen molar-refractivity contribution in [1.82, 2.24) is 5.32 Å². The van der Waals surface area contributed by atoms with Gasteiger partial charge in [0.2, 0.25) is 11.8 Å². The van der Waals surface area contributed by atoms with Crippen LogP contribution in [-0.4, -0.2) is 64.0 Å². The average Bonchev–Trinajstić information content (AvgIpc) is 2.49. The summed E-state index contributed by atoms with van der Waals surface area (Å²) in [6.45, 7) is 5.38. The van der Waals surface area contributed by atoms with E-state index in [1.807, 2.05) is 0 Å². The van der Waals surface area contributed by atoms with E-state index >= 15 is 0 Å². The average molecular weight is 331 g/mol. The third-order valence-electron chi connectivity index (χ3n) is 2.67. The molecule has 132 valence electrons. The highest BCUT2D eigenvalue weighted by molar-refractivity contribution is 5.87. The SMILES string of the molecule is CC(C)[C@H](NC(=O)COCCOCCOCCN=[N+]=[N-])C(N)=O. The number of hydrogen-bond donors (Lipinski definition) is 2.